The lowest BCUT2D eigenvalue weighted by Gasteiger charge is -2.32. The molecule has 2 aliphatic rings. The monoisotopic (exact) mass is 424 g/mol. The smallest absolute Gasteiger partial charge is 0.414 e. The third-order valence-corrected chi connectivity index (χ3v) is 6.38. The number of hydrogen-bond donors (Lipinski definition) is 0. The molecule has 0 radical (unpaired) electrons. The highest BCUT2D eigenvalue weighted by Gasteiger charge is 2.35. The Morgan fingerprint density at radius 3 is 2.38 bits per heavy atom. The fourth-order valence-corrected chi connectivity index (χ4v) is 4.36. The highest BCUT2D eigenvalue weighted by atomic mass is 32.2. The first-order valence-corrected chi connectivity index (χ1v) is 11.8. The van der Waals surface area contributed by atoms with Crippen LogP contribution in [0.25, 0.3) is 0 Å². The van der Waals surface area contributed by atoms with Crippen molar-refractivity contribution in [3.8, 4) is 0 Å². The highest BCUT2D eigenvalue weighted by Crippen LogP contribution is 2.29. The summed E-state index contributed by atoms with van der Waals surface area (Å²) in [5.41, 5.74) is 0.621. The van der Waals surface area contributed by atoms with Crippen molar-refractivity contribution in [1.29, 1.82) is 0 Å². The molecule has 0 aliphatic carbocycles. The van der Waals surface area contributed by atoms with E-state index in [4.69, 9.17) is 9.47 Å². The van der Waals surface area contributed by atoms with Crippen molar-refractivity contribution in [2.45, 2.75) is 50.2 Å². The van der Waals surface area contributed by atoms with Gasteiger partial charge in [0.25, 0.3) is 0 Å². The van der Waals surface area contributed by atoms with E-state index in [1.807, 2.05) is 13.8 Å². The Kier molecular flexibility index (Phi) is 6.36. The number of anilines is 1. The van der Waals surface area contributed by atoms with Gasteiger partial charge in [-0.1, -0.05) is 0 Å². The van der Waals surface area contributed by atoms with Crippen LogP contribution in [0.5, 0.6) is 0 Å². The van der Waals surface area contributed by atoms with Gasteiger partial charge >= 0.3 is 12.2 Å². The molecule has 8 nitrogen and oxygen atoms in total. The third kappa shape index (κ3) is 5.41. The van der Waals surface area contributed by atoms with E-state index in [1.165, 1.54) is 17.0 Å². The number of benzene rings is 1. The first-order valence-electron chi connectivity index (χ1n) is 9.87. The number of carbonyl (C=O) groups excluding carboxylic acids is 2. The van der Waals surface area contributed by atoms with Crippen LogP contribution < -0.4 is 4.90 Å². The van der Waals surface area contributed by atoms with Gasteiger partial charge in [-0.3, -0.25) is 4.90 Å². The summed E-state index contributed by atoms with van der Waals surface area (Å²) in [6, 6.07) is 6.24. The van der Waals surface area contributed by atoms with Crippen LogP contribution in [0.3, 0.4) is 0 Å². The summed E-state index contributed by atoms with van der Waals surface area (Å²) >= 11 is 0. The predicted octanol–water partition coefficient (Wildman–Crippen LogP) is 3.06. The van der Waals surface area contributed by atoms with Gasteiger partial charge in [-0.25, -0.2) is 18.0 Å². The number of hydrogen-bond acceptors (Lipinski definition) is 6. The van der Waals surface area contributed by atoms with Gasteiger partial charge in [-0.2, -0.15) is 0 Å². The largest absolute Gasteiger partial charge is 0.447 e. The number of carbonyl (C=O) groups is 2. The fraction of sp³-hybridized carbons (Fsp3) is 0.600. The van der Waals surface area contributed by atoms with E-state index in [0.717, 1.165) is 25.5 Å². The third-order valence-electron chi connectivity index (χ3n) is 5.26. The Morgan fingerprint density at radius 2 is 1.83 bits per heavy atom. The normalized spacial score (nSPS) is 20.8. The van der Waals surface area contributed by atoms with Gasteiger partial charge in [0.2, 0.25) is 0 Å². The quantitative estimate of drug-likeness (QED) is 0.721. The number of nitrogens with zero attached hydrogens (tertiary/aromatic N) is 2. The maximum Gasteiger partial charge on any atom is 0.414 e. The molecule has 3 rings (SSSR count). The van der Waals surface area contributed by atoms with E-state index in [-0.39, 0.29) is 23.2 Å². The second-order valence-corrected chi connectivity index (χ2v) is 10.00. The molecule has 9 heteroatoms. The minimum Gasteiger partial charge on any atom is -0.447 e. The number of sulfone groups is 1. The van der Waals surface area contributed by atoms with Crippen LogP contribution in [0, 0.1) is 5.92 Å². The van der Waals surface area contributed by atoms with Gasteiger partial charge in [-0.15, -0.1) is 0 Å². The number of amides is 2. The van der Waals surface area contributed by atoms with Crippen LogP contribution in [0.15, 0.2) is 29.2 Å². The van der Waals surface area contributed by atoms with Crippen LogP contribution in [-0.2, 0) is 19.3 Å². The highest BCUT2D eigenvalue weighted by molar-refractivity contribution is 7.90. The van der Waals surface area contributed by atoms with Gasteiger partial charge in [0.05, 0.1) is 17.5 Å². The SMILES string of the molecule is CC(C)OC(=O)N1CCC(CC2CN(c3ccc(S(C)(=O)=O)cc3)C(=O)O2)CC1. The fourth-order valence-electron chi connectivity index (χ4n) is 3.73. The van der Waals surface area contributed by atoms with Crippen LogP contribution in [0.2, 0.25) is 0 Å². The van der Waals surface area contributed by atoms with Crippen LogP contribution in [-0.4, -0.2) is 63.6 Å². The summed E-state index contributed by atoms with van der Waals surface area (Å²) < 4.78 is 33.9. The number of piperidine rings is 1. The summed E-state index contributed by atoms with van der Waals surface area (Å²) in [4.78, 5) is 27.7. The lowest BCUT2D eigenvalue weighted by atomic mass is 9.91. The van der Waals surface area contributed by atoms with Crippen molar-refractivity contribution in [2.24, 2.45) is 5.92 Å². The summed E-state index contributed by atoms with van der Waals surface area (Å²) in [6.07, 6.45) is 2.57. The molecule has 0 spiro atoms. The lowest BCUT2D eigenvalue weighted by Crippen LogP contribution is -2.40. The zero-order valence-corrected chi connectivity index (χ0v) is 17.9. The van der Waals surface area contributed by atoms with E-state index in [2.05, 4.69) is 0 Å². The van der Waals surface area contributed by atoms with Gasteiger partial charge in [0.15, 0.2) is 9.84 Å². The Labute approximate surface area is 171 Å². The summed E-state index contributed by atoms with van der Waals surface area (Å²) in [7, 11) is -3.28. The Hall–Kier alpha value is -2.29. The lowest BCUT2D eigenvalue weighted by molar-refractivity contribution is 0.0599. The first-order chi connectivity index (χ1) is 13.6. The molecule has 2 heterocycles. The van der Waals surface area contributed by atoms with Crippen molar-refractivity contribution in [3.05, 3.63) is 24.3 Å². The molecule has 0 saturated carbocycles. The van der Waals surface area contributed by atoms with Gasteiger partial charge in [0.1, 0.15) is 6.10 Å². The zero-order valence-electron chi connectivity index (χ0n) is 17.0. The van der Waals surface area contributed by atoms with Crippen molar-refractivity contribution in [3.63, 3.8) is 0 Å². The number of cyclic esters (lactones) is 1. The molecule has 0 bridgehead atoms. The van der Waals surface area contributed by atoms with E-state index in [1.54, 1.807) is 17.0 Å². The topological polar surface area (TPSA) is 93.2 Å². The van der Waals surface area contributed by atoms with Crippen LogP contribution >= 0.6 is 0 Å². The average molecular weight is 425 g/mol. The van der Waals surface area contributed by atoms with Crippen molar-refractivity contribution < 1.29 is 27.5 Å². The number of rotatable bonds is 5. The molecule has 160 valence electrons. The molecule has 2 saturated heterocycles. The van der Waals surface area contributed by atoms with E-state index in [9.17, 15) is 18.0 Å². The minimum absolute atomic E-state index is 0.129. The maximum absolute atomic E-state index is 12.3. The molecular formula is C20H28N2O6S. The molecule has 29 heavy (non-hydrogen) atoms. The van der Waals surface area contributed by atoms with Crippen molar-refractivity contribution >= 4 is 27.7 Å². The molecule has 2 fully saturated rings. The zero-order chi connectivity index (χ0) is 21.2. The molecule has 0 aromatic heterocycles. The standard InChI is InChI=1S/C20H28N2O6S/c1-14(2)27-19(23)21-10-8-15(9-11-21)12-17-13-22(20(24)28-17)16-4-6-18(7-5-16)29(3,25)26/h4-7,14-15,17H,8-13H2,1-3H3. The van der Waals surface area contributed by atoms with Gasteiger partial charge < -0.3 is 14.4 Å². The van der Waals surface area contributed by atoms with E-state index in [0.29, 0.717) is 31.2 Å². The second kappa shape index (κ2) is 8.61. The Balaban J connectivity index is 1.52. The first kappa shape index (κ1) is 21.4. The molecule has 2 aliphatic heterocycles. The minimum atomic E-state index is -3.28. The van der Waals surface area contributed by atoms with Crippen molar-refractivity contribution in [1.82, 2.24) is 4.90 Å². The molecule has 1 unspecified atom stereocenters. The molecule has 0 N–H and O–H groups in total. The second-order valence-electron chi connectivity index (χ2n) is 7.98. The summed E-state index contributed by atoms with van der Waals surface area (Å²) in [5, 5.41) is 0. The van der Waals surface area contributed by atoms with Gasteiger partial charge in [-0.05, 0) is 63.3 Å². The van der Waals surface area contributed by atoms with E-state index < -0.39 is 15.9 Å². The number of ether oxygens (including phenoxy) is 2. The van der Waals surface area contributed by atoms with Crippen LogP contribution in [0.4, 0.5) is 15.3 Å². The molecular weight excluding hydrogens is 396 g/mol. The molecule has 1 atom stereocenters. The summed E-state index contributed by atoms with van der Waals surface area (Å²) in [6.45, 7) is 5.40. The average Bonchev–Trinajstić information content (AvgIpc) is 3.01. The summed E-state index contributed by atoms with van der Waals surface area (Å²) in [5.74, 6) is 0.378. The number of likely N-dealkylation sites (tertiary alicyclic amines) is 1. The predicted molar refractivity (Wildman–Crippen MR) is 108 cm³/mol. The Morgan fingerprint density at radius 1 is 1.21 bits per heavy atom. The molecule has 1 aromatic carbocycles. The van der Waals surface area contributed by atoms with Crippen LogP contribution in [0.1, 0.15) is 33.1 Å². The van der Waals surface area contributed by atoms with Crippen molar-refractivity contribution in [2.75, 3.05) is 30.8 Å². The van der Waals surface area contributed by atoms with E-state index >= 15 is 0 Å². The Bertz CT molecular complexity index is 844. The van der Waals surface area contributed by atoms with Gasteiger partial charge in [0, 0.05) is 25.0 Å². The maximum atomic E-state index is 12.3. The molecule has 1 aromatic rings. The molecule has 2 amide bonds.